The Hall–Kier alpha value is -6.64. The summed E-state index contributed by atoms with van der Waals surface area (Å²) in [7, 11) is 0. The molecular formula is C48H30N2. The molecule has 1 N–H and O–H groups in total. The summed E-state index contributed by atoms with van der Waals surface area (Å²) in [4.78, 5) is 3.78. The van der Waals surface area contributed by atoms with Crippen LogP contribution in [0.1, 0.15) is 0 Å². The van der Waals surface area contributed by atoms with E-state index in [0.717, 1.165) is 11.2 Å². The van der Waals surface area contributed by atoms with E-state index in [4.69, 9.17) is 0 Å². The highest BCUT2D eigenvalue weighted by molar-refractivity contribution is 6.26. The zero-order valence-electron chi connectivity index (χ0n) is 27.2. The van der Waals surface area contributed by atoms with Gasteiger partial charge in [-0.3, -0.25) is 0 Å². The second-order valence-corrected chi connectivity index (χ2v) is 13.4. The fourth-order valence-corrected chi connectivity index (χ4v) is 8.43. The van der Waals surface area contributed by atoms with Gasteiger partial charge in [-0.25, -0.2) is 0 Å². The molecule has 11 rings (SSSR count). The molecule has 2 heterocycles. The fraction of sp³-hybridized carbons (Fsp3) is 0. The van der Waals surface area contributed by atoms with Gasteiger partial charge in [0.15, 0.2) is 0 Å². The van der Waals surface area contributed by atoms with Crippen molar-refractivity contribution in [1.29, 1.82) is 0 Å². The van der Waals surface area contributed by atoms with Crippen LogP contribution in [0.25, 0.3) is 104 Å². The largest absolute Gasteiger partial charge is 0.353 e. The Morgan fingerprint density at radius 3 is 1.58 bits per heavy atom. The predicted molar refractivity (Wildman–Crippen MR) is 214 cm³/mol. The number of hydrogen-bond acceptors (Lipinski definition) is 0. The van der Waals surface area contributed by atoms with Crippen LogP contribution >= 0.6 is 0 Å². The van der Waals surface area contributed by atoms with Gasteiger partial charge in [-0.2, -0.15) is 0 Å². The molecule has 9 aromatic carbocycles. The average molecular weight is 635 g/mol. The average Bonchev–Trinajstić information content (AvgIpc) is 3.74. The lowest BCUT2D eigenvalue weighted by Crippen LogP contribution is -1.95. The zero-order valence-corrected chi connectivity index (χ0v) is 27.2. The maximum atomic E-state index is 3.78. The Balaban J connectivity index is 1.08. The quantitative estimate of drug-likeness (QED) is 0.187. The zero-order chi connectivity index (χ0) is 32.8. The molecule has 0 bridgehead atoms. The third-order valence-electron chi connectivity index (χ3n) is 10.7. The van der Waals surface area contributed by atoms with Crippen LogP contribution in [0.5, 0.6) is 0 Å². The number of fused-ring (bicyclic) bond motifs is 13. The van der Waals surface area contributed by atoms with Crippen molar-refractivity contribution >= 4 is 75.9 Å². The molecule has 0 aliphatic rings. The van der Waals surface area contributed by atoms with Crippen LogP contribution in [0.15, 0.2) is 176 Å². The van der Waals surface area contributed by atoms with Crippen LogP contribution in [0.4, 0.5) is 0 Å². The molecule has 0 unspecified atom stereocenters. The third kappa shape index (κ3) is 3.90. The van der Waals surface area contributed by atoms with E-state index in [1.54, 1.807) is 0 Å². The van der Waals surface area contributed by atoms with Gasteiger partial charge in [0, 0.05) is 32.7 Å². The van der Waals surface area contributed by atoms with Crippen molar-refractivity contribution in [3.05, 3.63) is 176 Å². The molecule has 0 amide bonds. The van der Waals surface area contributed by atoms with Crippen molar-refractivity contribution in [2.75, 3.05) is 0 Å². The predicted octanol–water partition coefficient (Wildman–Crippen LogP) is 13.2. The number of nitrogens with one attached hydrogen (secondary N) is 1. The number of aromatic amines is 1. The molecule has 11 aromatic rings. The van der Waals surface area contributed by atoms with Crippen molar-refractivity contribution < 1.29 is 0 Å². The van der Waals surface area contributed by atoms with Gasteiger partial charge < -0.3 is 9.55 Å². The summed E-state index contributed by atoms with van der Waals surface area (Å²) in [5, 5.41) is 12.8. The van der Waals surface area contributed by atoms with E-state index in [9.17, 15) is 0 Å². The van der Waals surface area contributed by atoms with Crippen LogP contribution in [0.2, 0.25) is 0 Å². The minimum Gasteiger partial charge on any atom is -0.353 e. The first-order chi connectivity index (χ1) is 24.8. The minimum absolute atomic E-state index is 1.15. The Morgan fingerprint density at radius 1 is 0.320 bits per heavy atom. The van der Waals surface area contributed by atoms with E-state index in [0.29, 0.717) is 0 Å². The SMILES string of the molecule is c1cc(-c2cccc(-n3c4ccccc4c4ccc5c6ccccc6[nH]c5c43)c2)cc(-c2ccc3c4ccccc4c4ccccc4c3c2)c1. The molecule has 2 aromatic heterocycles. The van der Waals surface area contributed by atoms with E-state index in [1.165, 1.54) is 92.7 Å². The van der Waals surface area contributed by atoms with Gasteiger partial charge in [0.25, 0.3) is 0 Å². The maximum Gasteiger partial charge on any atom is 0.0783 e. The molecule has 0 fully saturated rings. The number of rotatable bonds is 3. The summed E-state index contributed by atoms with van der Waals surface area (Å²) in [6.07, 6.45) is 0. The van der Waals surface area contributed by atoms with Crippen molar-refractivity contribution in [1.82, 2.24) is 9.55 Å². The van der Waals surface area contributed by atoms with Crippen LogP contribution in [0, 0.1) is 0 Å². The molecule has 2 nitrogen and oxygen atoms in total. The standard InChI is InChI=1S/C48H30N2/c1-2-17-37-35(15-1)36-16-3-4-18-38(36)44-29-33(23-24-39(37)44)31-12-9-11-30(27-31)32-13-10-14-34(28-32)50-46-22-8-6-20-41(46)43-26-25-42-40-19-5-7-21-45(40)49-47(42)48(43)50/h1-29,49H. The van der Waals surface area contributed by atoms with Crippen molar-refractivity contribution in [3.63, 3.8) is 0 Å². The number of benzene rings is 9. The monoisotopic (exact) mass is 634 g/mol. The highest BCUT2D eigenvalue weighted by Crippen LogP contribution is 2.40. The van der Waals surface area contributed by atoms with Crippen LogP contribution < -0.4 is 0 Å². The molecule has 0 spiro atoms. The van der Waals surface area contributed by atoms with Gasteiger partial charge in [-0.1, -0.05) is 140 Å². The van der Waals surface area contributed by atoms with E-state index in [2.05, 4.69) is 185 Å². The summed E-state index contributed by atoms with van der Waals surface area (Å²) >= 11 is 0. The lowest BCUT2D eigenvalue weighted by atomic mass is 9.91. The third-order valence-corrected chi connectivity index (χ3v) is 10.7. The van der Waals surface area contributed by atoms with Gasteiger partial charge in [-0.05, 0) is 91.0 Å². The Labute approximate surface area is 288 Å². The summed E-state index contributed by atoms with van der Waals surface area (Å²) in [5.41, 5.74) is 10.7. The molecule has 0 aliphatic carbocycles. The molecule has 0 aliphatic heterocycles. The Morgan fingerprint density at radius 2 is 0.840 bits per heavy atom. The van der Waals surface area contributed by atoms with E-state index in [-0.39, 0.29) is 0 Å². The van der Waals surface area contributed by atoms with Gasteiger partial charge in [0.1, 0.15) is 0 Å². The normalized spacial score (nSPS) is 12.0. The first-order valence-electron chi connectivity index (χ1n) is 17.3. The van der Waals surface area contributed by atoms with E-state index < -0.39 is 0 Å². The lowest BCUT2D eigenvalue weighted by Gasteiger charge is -2.13. The fourth-order valence-electron chi connectivity index (χ4n) is 8.43. The maximum absolute atomic E-state index is 3.78. The topological polar surface area (TPSA) is 20.7 Å². The Kier molecular flexibility index (Phi) is 5.70. The smallest absolute Gasteiger partial charge is 0.0783 e. The highest BCUT2D eigenvalue weighted by Gasteiger charge is 2.18. The van der Waals surface area contributed by atoms with Crippen LogP contribution in [0.3, 0.4) is 0 Å². The molecular weight excluding hydrogens is 605 g/mol. The number of para-hydroxylation sites is 2. The van der Waals surface area contributed by atoms with Crippen LogP contribution in [-0.4, -0.2) is 9.55 Å². The second-order valence-electron chi connectivity index (χ2n) is 13.4. The molecule has 0 atom stereocenters. The summed E-state index contributed by atoms with van der Waals surface area (Å²) in [6, 6.07) is 64.4. The summed E-state index contributed by atoms with van der Waals surface area (Å²) < 4.78 is 2.44. The van der Waals surface area contributed by atoms with Crippen LogP contribution in [-0.2, 0) is 0 Å². The number of hydrogen-bond donors (Lipinski definition) is 1. The molecule has 2 heteroatoms. The first kappa shape index (κ1) is 27.3. The van der Waals surface area contributed by atoms with Crippen molar-refractivity contribution in [3.8, 4) is 27.9 Å². The summed E-state index contributed by atoms with van der Waals surface area (Å²) in [6.45, 7) is 0. The van der Waals surface area contributed by atoms with E-state index in [1.807, 2.05) is 0 Å². The molecule has 232 valence electrons. The molecule has 0 saturated carbocycles. The number of nitrogens with zero attached hydrogens (tertiary/aromatic N) is 1. The van der Waals surface area contributed by atoms with Gasteiger partial charge in [0.05, 0.1) is 16.6 Å². The molecule has 0 radical (unpaired) electrons. The first-order valence-corrected chi connectivity index (χ1v) is 17.3. The van der Waals surface area contributed by atoms with Gasteiger partial charge >= 0.3 is 0 Å². The van der Waals surface area contributed by atoms with Crippen molar-refractivity contribution in [2.24, 2.45) is 0 Å². The second kappa shape index (κ2) is 10.4. The van der Waals surface area contributed by atoms with Gasteiger partial charge in [0.2, 0.25) is 0 Å². The number of H-pyrrole nitrogens is 1. The molecule has 50 heavy (non-hydrogen) atoms. The number of aromatic nitrogens is 2. The summed E-state index contributed by atoms with van der Waals surface area (Å²) in [5.74, 6) is 0. The highest BCUT2D eigenvalue weighted by atomic mass is 15.0. The lowest BCUT2D eigenvalue weighted by molar-refractivity contribution is 1.18. The molecule has 0 saturated heterocycles. The van der Waals surface area contributed by atoms with Gasteiger partial charge in [-0.15, -0.1) is 0 Å². The van der Waals surface area contributed by atoms with Crippen molar-refractivity contribution in [2.45, 2.75) is 0 Å². The Bertz CT molecular complexity index is 3120. The van der Waals surface area contributed by atoms with E-state index >= 15 is 0 Å². The minimum atomic E-state index is 1.15.